The highest BCUT2D eigenvalue weighted by Crippen LogP contribution is 2.27. The fourth-order valence-electron chi connectivity index (χ4n) is 4.35. The smallest absolute Gasteiger partial charge is 0.0336 e. The molecule has 0 spiro atoms. The summed E-state index contributed by atoms with van der Waals surface area (Å²) in [5.41, 5.74) is 8.08. The van der Waals surface area contributed by atoms with Crippen LogP contribution in [-0.2, 0) is 0 Å². The normalized spacial score (nSPS) is 18.8. The van der Waals surface area contributed by atoms with Gasteiger partial charge in [-0.3, -0.25) is 0 Å². The Kier molecular flexibility index (Phi) is 16.6. The summed E-state index contributed by atoms with van der Waals surface area (Å²) in [4.78, 5) is 2.01. The Morgan fingerprint density at radius 3 is 2.05 bits per heavy atom. The first kappa shape index (κ1) is 35.4. The lowest BCUT2D eigenvalue weighted by Crippen LogP contribution is -2.45. The van der Waals surface area contributed by atoms with Crippen molar-refractivity contribution in [3.8, 4) is 0 Å². The van der Waals surface area contributed by atoms with E-state index in [-0.39, 0.29) is 0 Å². The van der Waals surface area contributed by atoms with Crippen LogP contribution in [0.1, 0.15) is 105 Å². The summed E-state index contributed by atoms with van der Waals surface area (Å²) in [7, 11) is 2.00. The number of nitrogens with one attached hydrogen (secondary N) is 1. The van der Waals surface area contributed by atoms with E-state index in [4.69, 9.17) is 0 Å². The molecule has 1 aliphatic heterocycles. The van der Waals surface area contributed by atoms with Gasteiger partial charge >= 0.3 is 0 Å². The van der Waals surface area contributed by atoms with Gasteiger partial charge in [-0.25, -0.2) is 0 Å². The zero-order chi connectivity index (χ0) is 29.5. The van der Waals surface area contributed by atoms with Crippen molar-refractivity contribution >= 4 is 11.1 Å². The molecule has 0 radical (unpaired) electrons. The predicted octanol–water partition coefficient (Wildman–Crippen LogP) is 10.5. The van der Waals surface area contributed by atoms with E-state index in [0.717, 1.165) is 34.4 Å². The van der Waals surface area contributed by atoms with Crippen LogP contribution < -0.4 is 5.32 Å². The molecule has 0 atom stereocenters. The first-order valence-corrected chi connectivity index (χ1v) is 14.6. The summed E-state index contributed by atoms with van der Waals surface area (Å²) in [6.07, 6.45) is 15.8. The molecule has 0 amide bonds. The first-order valence-electron chi connectivity index (χ1n) is 14.6. The summed E-state index contributed by atoms with van der Waals surface area (Å²) in [6.45, 7) is 33.3. The van der Waals surface area contributed by atoms with E-state index in [1.165, 1.54) is 42.4 Å². The average molecular weight is 519 g/mol. The third kappa shape index (κ3) is 13.3. The second-order valence-electron chi connectivity index (χ2n) is 11.1. The largest absolute Gasteiger partial charge is 0.351 e. The molecule has 2 aliphatic rings. The van der Waals surface area contributed by atoms with Crippen LogP contribution in [0.5, 0.6) is 0 Å². The number of hydrogen-bond donors (Lipinski definition) is 1. The maximum absolute atomic E-state index is 4.14. The Balaban J connectivity index is 0.000000723. The minimum Gasteiger partial charge on any atom is -0.351 e. The maximum atomic E-state index is 4.14. The van der Waals surface area contributed by atoms with Crippen molar-refractivity contribution in [2.24, 2.45) is 5.92 Å². The van der Waals surface area contributed by atoms with E-state index in [9.17, 15) is 0 Å². The van der Waals surface area contributed by atoms with Gasteiger partial charge in [-0.2, -0.15) is 0 Å². The van der Waals surface area contributed by atoms with Crippen molar-refractivity contribution in [1.82, 2.24) is 10.2 Å². The SMILES string of the molecule is C=C(C)/C=C\C(=C)c1ccc(C2=CC(=C)N(C)C=C2)cc1C.CC.CC.CC1CCC(NC(C)(C)C)CC1. The summed E-state index contributed by atoms with van der Waals surface area (Å²) in [5.74, 6) is 0.961. The lowest BCUT2D eigenvalue weighted by atomic mass is 9.86. The standard InChI is InChI=1S/C21H23N.C11H23N.2C2H6/c1-15(2)7-8-16(3)21-10-9-19(13-17(21)4)20-11-12-22(6)18(5)14-20;1-9-5-7-10(8-6-9)12-11(2,3)4;2*1-2/h7-14H,1,3,5H2,2,4,6H3;9-10,12H,5-8H2,1-4H3;2*1-2H3/b8-7-;;;. The fraction of sp³-hybridized carbons (Fsp3) is 0.500. The van der Waals surface area contributed by atoms with Crippen LogP contribution in [0.2, 0.25) is 0 Å². The van der Waals surface area contributed by atoms with Gasteiger partial charge in [0.05, 0.1) is 0 Å². The number of allylic oxidation sites excluding steroid dienone is 7. The molecule has 0 saturated heterocycles. The highest BCUT2D eigenvalue weighted by molar-refractivity contribution is 5.80. The molecule has 1 N–H and O–H groups in total. The topological polar surface area (TPSA) is 15.3 Å². The highest BCUT2D eigenvalue weighted by atomic mass is 15.1. The fourth-order valence-corrected chi connectivity index (χ4v) is 4.35. The van der Waals surface area contributed by atoms with Crippen LogP contribution in [0.25, 0.3) is 11.1 Å². The van der Waals surface area contributed by atoms with Gasteiger partial charge in [0.15, 0.2) is 0 Å². The van der Waals surface area contributed by atoms with Crippen LogP contribution in [0.15, 0.2) is 79.7 Å². The molecule has 0 unspecified atom stereocenters. The van der Waals surface area contributed by atoms with Crippen LogP contribution in [0.4, 0.5) is 0 Å². The maximum Gasteiger partial charge on any atom is 0.0336 e. The zero-order valence-electron chi connectivity index (χ0n) is 26.7. The molecule has 3 rings (SSSR count). The van der Waals surface area contributed by atoms with Gasteiger partial charge in [0.1, 0.15) is 0 Å². The Labute approximate surface area is 237 Å². The van der Waals surface area contributed by atoms with Gasteiger partial charge in [-0.15, -0.1) is 0 Å². The molecule has 1 heterocycles. The first-order chi connectivity index (χ1) is 17.9. The molecule has 2 heteroatoms. The third-order valence-electron chi connectivity index (χ3n) is 6.38. The Hall–Kier alpha value is -2.58. The van der Waals surface area contributed by atoms with E-state index in [1.807, 2.05) is 64.9 Å². The van der Waals surface area contributed by atoms with E-state index in [0.29, 0.717) is 5.54 Å². The van der Waals surface area contributed by atoms with Gasteiger partial charge in [0.2, 0.25) is 0 Å². The number of hydrogen-bond acceptors (Lipinski definition) is 2. The second kappa shape index (κ2) is 17.8. The van der Waals surface area contributed by atoms with E-state index < -0.39 is 0 Å². The lowest BCUT2D eigenvalue weighted by Gasteiger charge is -2.33. The van der Waals surface area contributed by atoms with Gasteiger partial charge in [-0.05, 0) is 106 Å². The van der Waals surface area contributed by atoms with Crippen molar-refractivity contribution in [2.45, 2.75) is 107 Å². The van der Waals surface area contributed by atoms with Gasteiger partial charge in [0.25, 0.3) is 0 Å². The Morgan fingerprint density at radius 2 is 1.58 bits per heavy atom. The quantitative estimate of drug-likeness (QED) is 0.390. The molecule has 1 aliphatic carbocycles. The van der Waals surface area contributed by atoms with Crippen LogP contribution in [0.3, 0.4) is 0 Å². The predicted molar refractivity (Wildman–Crippen MR) is 175 cm³/mol. The number of aryl methyl sites for hydroxylation is 1. The summed E-state index contributed by atoms with van der Waals surface area (Å²) >= 11 is 0. The van der Waals surface area contributed by atoms with E-state index in [2.05, 4.69) is 90.0 Å². The van der Waals surface area contributed by atoms with E-state index >= 15 is 0 Å². The number of benzene rings is 1. The van der Waals surface area contributed by atoms with Crippen LogP contribution >= 0.6 is 0 Å². The monoisotopic (exact) mass is 518 g/mol. The Bertz CT molecular complexity index is 973. The summed E-state index contributed by atoms with van der Waals surface area (Å²) < 4.78 is 0. The number of likely N-dealkylation sites (N-methyl/N-ethyl adjacent to an activating group) is 1. The molecule has 2 nitrogen and oxygen atoms in total. The summed E-state index contributed by atoms with van der Waals surface area (Å²) in [6, 6.07) is 7.24. The van der Waals surface area contributed by atoms with Gasteiger partial charge in [0, 0.05) is 30.5 Å². The second-order valence-corrected chi connectivity index (χ2v) is 11.1. The molecular weight excluding hydrogens is 460 g/mol. The number of nitrogens with zero attached hydrogens (tertiary/aromatic N) is 1. The third-order valence-corrected chi connectivity index (χ3v) is 6.38. The molecule has 212 valence electrons. The molecule has 1 aromatic carbocycles. The van der Waals surface area contributed by atoms with Gasteiger partial charge < -0.3 is 10.2 Å². The minimum absolute atomic E-state index is 0.297. The number of rotatable bonds is 5. The molecular formula is C36H58N2. The van der Waals surface area contributed by atoms with Crippen molar-refractivity contribution in [3.05, 3.63) is 96.4 Å². The molecule has 1 saturated carbocycles. The van der Waals surface area contributed by atoms with Crippen molar-refractivity contribution in [3.63, 3.8) is 0 Å². The lowest BCUT2D eigenvalue weighted by molar-refractivity contribution is 0.259. The molecule has 38 heavy (non-hydrogen) atoms. The van der Waals surface area contributed by atoms with E-state index in [1.54, 1.807) is 0 Å². The summed E-state index contributed by atoms with van der Waals surface area (Å²) in [5, 5.41) is 3.68. The molecule has 1 fully saturated rings. The molecule has 1 aromatic rings. The van der Waals surface area contributed by atoms with Gasteiger partial charge in [-0.1, -0.05) is 90.3 Å². The Morgan fingerprint density at radius 1 is 1.00 bits per heavy atom. The zero-order valence-corrected chi connectivity index (χ0v) is 26.7. The van der Waals surface area contributed by atoms with Crippen LogP contribution in [0, 0.1) is 12.8 Å². The van der Waals surface area contributed by atoms with Crippen molar-refractivity contribution < 1.29 is 0 Å². The minimum atomic E-state index is 0.297. The van der Waals surface area contributed by atoms with Crippen molar-refractivity contribution in [1.29, 1.82) is 0 Å². The van der Waals surface area contributed by atoms with Crippen molar-refractivity contribution in [2.75, 3.05) is 7.05 Å². The molecule has 0 aromatic heterocycles. The highest BCUT2D eigenvalue weighted by Gasteiger charge is 2.21. The molecule has 0 bridgehead atoms. The van der Waals surface area contributed by atoms with Crippen LogP contribution in [-0.4, -0.2) is 23.5 Å². The average Bonchev–Trinajstić information content (AvgIpc) is 2.87.